The molecule has 35 heavy (non-hydrogen) atoms. The van der Waals surface area contributed by atoms with E-state index in [1.54, 1.807) is 11.1 Å². The van der Waals surface area contributed by atoms with E-state index >= 15 is 0 Å². The molecule has 0 spiro atoms. The van der Waals surface area contributed by atoms with Gasteiger partial charge in [0.2, 0.25) is 5.91 Å². The molecule has 2 fully saturated rings. The highest BCUT2D eigenvalue weighted by molar-refractivity contribution is 5.92. The van der Waals surface area contributed by atoms with Gasteiger partial charge in [-0.25, -0.2) is 4.98 Å². The van der Waals surface area contributed by atoms with Crippen LogP contribution in [-0.2, 0) is 16.0 Å². The monoisotopic (exact) mass is 479 g/mol. The van der Waals surface area contributed by atoms with Gasteiger partial charge in [-0.3, -0.25) is 19.5 Å². The van der Waals surface area contributed by atoms with Gasteiger partial charge in [-0.1, -0.05) is 30.3 Å². The standard InChI is InChI=1S/C27H37N5O3/c33-26(31-14-7-24(8-15-31)21-23-5-2-1-3-6-23)9-16-32(27(34)25-22-28-10-11-29-25)13-4-12-30-17-19-35-20-18-30/h1-3,5-6,10-11,22,24H,4,7-9,12-21H2. The zero-order valence-corrected chi connectivity index (χ0v) is 20.6. The van der Waals surface area contributed by atoms with Crippen molar-refractivity contribution >= 4 is 11.8 Å². The maximum Gasteiger partial charge on any atom is 0.274 e. The van der Waals surface area contributed by atoms with Crippen molar-refractivity contribution in [2.24, 2.45) is 5.92 Å². The summed E-state index contributed by atoms with van der Waals surface area (Å²) < 4.78 is 5.42. The maximum absolute atomic E-state index is 13.1. The quantitative estimate of drug-likeness (QED) is 0.521. The Labute approximate surface area is 208 Å². The molecule has 0 aliphatic carbocycles. The summed E-state index contributed by atoms with van der Waals surface area (Å²) in [6.07, 6.45) is 8.92. The number of morpholine rings is 1. The fourth-order valence-electron chi connectivity index (χ4n) is 4.92. The fourth-order valence-corrected chi connectivity index (χ4v) is 4.92. The zero-order valence-electron chi connectivity index (χ0n) is 20.6. The van der Waals surface area contributed by atoms with E-state index in [4.69, 9.17) is 4.74 Å². The molecule has 8 nitrogen and oxygen atoms in total. The van der Waals surface area contributed by atoms with E-state index in [9.17, 15) is 9.59 Å². The lowest BCUT2D eigenvalue weighted by Gasteiger charge is -2.33. The van der Waals surface area contributed by atoms with Gasteiger partial charge in [0.25, 0.3) is 5.91 Å². The summed E-state index contributed by atoms with van der Waals surface area (Å²) in [6, 6.07) is 10.6. The molecule has 2 aliphatic rings. The highest BCUT2D eigenvalue weighted by Gasteiger charge is 2.25. The minimum absolute atomic E-state index is 0.133. The lowest BCUT2D eigenvalue weighted by molar-refractivity contribution is -0.132. The molecule has 2 aliphatic heterocycles. The number of hydrogen-bond acceptors (Lipinski definition) is 6. The Morgan fingerprint density at radius 3 is 2.49 bits per heavy atom. The lowest BCUT2D eigenvalue weighted by atomic mass is 9.90. The highest BCUT2D eigenvalue weighted by atomic mass is 16.5. The van der Waals surface area contributed by atoms with Crippen molar-refractivity contribution in [3.63, 3.8) is 0 Å². The van der Waals surface area contributed by atoms with Crippen LogP contribution in [0, 0.1) is 5.92 Å². The van der Waals surface area contributed by atoms with Crippen LogP contribution in [0.5, 0.6) is 0 Å². The molecular weight excluding hydrogens is 442 g/mol. The number of nitrogens with zero attached hydrogens (tertiary/aromatic N) is 5. The van der Waals surface area contributed by atoms with Crippen LogP contribution in [0.15, 0.2) is 48.9 Å². The van der Waals surface area contributed by atoms with Crippen molar-refractivity contribution < 1.29 is 14.3 Å². The first kappa shape index (κ1) is 25.3. The smallest absolute Gasteiger partial charge is 0.274 e. The van der Waals surface area contributed by atoms with Crippen molar-refractivity contribution in [1.82, 2.24) is 24.7 Å². The first-order chi connectivity index (χ1) is 17.2. The molecule has 2 amide bonds. The number of carbonyl (C=O) groups excluding carboxylic acids is 2. The lowest BCUT2D eigenvalue weighted by Crippen LogP contribution is -2.42. The molecule has 1 aromatic heterocycles. The van der Waals surface area contributed by atoms with Crippen molar-refractivity contribution in [1.29, 1.82) is 0 Å². The summed E-state index contributed by atoms with van der Waals surface area (Å²) in [7, 11) is 0. The Morgan fingerprint density at radius 2 is 1.77 bits per heavy atom. The summed E-state index contributed by atoms with van der Waals surface area (Å²) in [5, 5.41) is 0. The van der Waals surface area contributed by atoms with Gasteiger partial charge in [-0.05, 0) is 37.2 Å². The highest BCUT2D eigenvalue weighted by Crippen LogP contribution is 2.22. The molecule has 0 bridgehead atoms. The largest absolute Gasteiger partial charge is 0.379 e. The molecule has 4 rings (SSSR count). The van der Waals surface area contributed by atoms with Crippen molar-refractivity contribution in [2.45, 2.75) is 32.1 Å². The first-order valence-electron chi connectivity index (χ1n) is 12.9. The van der Waals surface area contributed by atoms with E-state index in [0.717, 1.165) is 71.6 Å². The van der Waals surface area contributed by atoms with E-state index in [1.807, 2.05) is 11.0 Å². The van der Waals surface area contributed by atoms with Crippen LogP contribution in [0.1, 0.15) is 41.7 Å². The number of likely N-dealkylation sites (tertiary alicyclic amines) is 1. The second-order valence-electron chi connectivity index (χ2n) is 9.45. The van der Waals surface area contributed by atoms with Crippen LogP contribution in [0.2, 0.25) is 0 Å². The van der Waals surface area contributed by atoms with Crippen LogP contribution in [0.25, 0.3) is 0 Å². The second kappa shape index (κ2) is 13.3. The van der Waals surface area contributed by atoms with Crippen molar-refractivity contribution in [3.05, 3.63) is 60.2 Å². The number of ether oxygens (including phenoxy) is 1. The Morgan fingerprint density at radius 1 is 1.00 bits per heavy atom. The third-order valence-corrected chi connectivity index (χ3v) is 7.01. The SMILES string of the molecule is O=C(CCN(CCCN1CCOCC1)C(=O)c1cnccn1)N1CCC(Cc2ccccc2)CC1. The predicted octanol–water partition coefficient (Wildman–Crippen LogP) is 2.51. The minimum Gasteiger partial charge on any atom is -0.379 e. The molecular formula is C27H37N5O3. The molecule has 188 valence electrons. The molecule has 0 saturated carbocycles. The fraction of sp³-hybridized carbons (Fsp3) is 0.556. The first-order valence-corrected chi connectivity index (χ1v) is 12.9. The number of rotatable bonds is 10. The molecule has 1 aromatic carbocycles. The van der Waals surface area contributed by atoms with Gasteiger partial charge in [-0.2, -0.15) is 0 Å². The van der Waals surface area contributed by atoms with Gasteiger partial charge in [0.15, 0.2) is 0 Å². The molecule has 0 atom stereocenters. The van der Waals surface area contributed by atoms with Gasteiger partial charge in [-0.15, -0.1) is 0 Å². The van der Waals surface area contributed by atoms with Crippen LogP contribution in [-0.4, -0.2) is 95.5 Å². The number of piperidine rings is 1. The molecule has 0 radical (unpaired) electrons. The maximum atomic E-state index is 13.1. The summed E-state index contributed by atoms with van der Waals surface area (Å²) in [4.78, 5) is 40.4. The van der Waals surface area contributed by atoms with Crippen LogP contribution >= 0.6 is 0 Å². The summed E-state index contributed by atoms with van der Waals surface area (Å²) in [5.41, 5.74) is 1.69. The van der Waals surface area contributed by atoms with Crippen molar-refractivity contribution in [2.75, 3.05) is 59.0 Å². The van der Waals surface area contributed by atoms with Crippen molar-refractivity contribution in [3.8, 4) is 0 Å². The third kappa shape index (κ3) is 7.83. The van der Waals surface area contributed by atoms with E-state index < -0.39 is 0 Å². The normalized spacial score (nSPS) is 17.3. The Hall–Kier alpha value is -2.84. The molecule has 3 heterocycles. The molecule has 0 unspecified atom stereocenters. The van der Waals surface area contributed by atoms with Gasteiger partial charge >= 0.3 is 0 Å². The zero-order chi connectivity index (χ0) is 24.3. The Balaban J connectivity index is 1.25. The number of hydrogen-bond donors (Lipinski definition) is 0. The molecule has 2 aromatic rings. The Kier molecular flexibility index (Phi) is 9.60. The average Bonchev–Trinajstić information content (AvgIpc) is 2.92. The van der Waals surface area contributed by atoms with Gasteiger partial charge in [0.1, 0.15) is 5.69 Å². The molecule has 2 saturated heterocycles. The summed E-state index contributed by atoms with van der Waals surface area (Å²) >= 11 is 0. The second-order valence-corrected chi connectivity index (χ2v) is 9.45. The van der Waals surface area contributed by atoms with E-state index in [1.165, 1.54) is 18.0 Å². The van der Waals surface area contributed by atoms with E-state index in [2.05, 4.69) is 39.1 Å². The van der Waals surface area contributed by atoms with Crippen LogP contribution in [0.3, 0.4) is 0 Å². The van der Waals surface area contributed by atoms with Gasteiger partial charge < -0.3 is 14.5 Å². The summed E-state index contributed by atoms with van der Waals surface area (Å²) in [5.74, 6) is 0.596. The minimum atomic E-state index is -0.158. The number of carbonyl (C=O) groups is 2. The third-order valence-electron chi connectivity index (χ3n) is 7.01. The topological polar surface area (TPSA) is 78.9 Å². The predicted molar refractivity (Wildman–Crippen MR) is 134 cm³/mol. The van der Waals surface area contributed by atoms with Crippen LogP contribution < -0.4 is 0 Å². The molecule has 8 heteroatoms. The number of benzene rings is 1. The average molecular weight is 480 g/mol. The van der Waals surface area contributed by atoms with E-state index in [0.29, 0.717) is 31.1 Å². The number of aromatic nitrogens is 2. The van der Waals surface area contributed by atoms with Crippen LogP contribution in [0.4, 0.5) is 0 Å². The van der Waals surface area contributed by atoms with Gasteiger partial charge in [0.05, 0.1) is 19.4 Å². The van der Waals surface area contributed by atoms with E-state index in [-0.39, 0.29) is 11.8 Å². The Bertz CT molecular complexity index is 913. The molecule has 0 N–H and O–H groups in total. The summed E-state index contributed by atoms with van der Waals surface area (Å²) in [6.45, 7) is 6.89. The number of amides is 2. The van der Waals surface area contributed by atoms with Gasteiger partial charge in [0, 0.05) is 64.6 Å².